The predicted octanol–water partition coefficient (Wildman–Crippen LogP) is 1.45. The monoisotopic (exact) mass is 249 g/mol. The van der Waals surface area contributed by atoms with Crippen LogP contribution in [0.3, 0.4) is 0 Å². The first-order valence-corrected chi connectivity index (χ1v) is 4.98. The quantitative estimate of drug-likeness (QED) is 0.756. The number of benzene rings is 1. The maximum absolute atomic E-state index is 13.4. The molecule has 1 unspecified atom stereocenters. The molecule has 0 bridgehead atoms. The zero-order valence-corrected chi connectivity index (χ0v) is 9.68. The van der Waals surface area contributed by atoms with Gasteiger partial charge in [-0.3, -0.25) is 0 Å². The Kier molecular flexibility index (Phi) is 4.35. The highest BCUT2D eigenvalue weighted by Crippen LogP contribution is 2.40. The second kappa shape index (κ2) is 5.34. The van der Waals surface area contributed by atoms with Gasteiger partial charge in [-0.2, -0.15) is 0 Å². The van der Waals surface area contributed by atoms with Gasteiger partial charge in [0.1, 0.15) is 5.82 Å². The van der Waals surface area contributed by atoms with E-state index in [0.717, 1.165) is 6.07 Å². The number of rotatable bonds is 4. The molecule has 0 aromatic heterocycles. The van der Waals surface area contributed by atoms with Crippen molar-refractivity contribution in [2.45, 2.75) is 6.10 Å². The molecule has 0 aliphatic carbocycles. The minimum atomic E-state index is -1.11. The van der Waals surface area contributed by atoms with Crippen molar-refractivity contribution in [2.24, 2.45) is 0 Å². The summed E-state index contributed by atoms with van der Waals surface area (Å²) in [5, 5.41) is 21.8. The summed E-state index contributed by atoms with van der Waals surface area (Å²) >= 11 is 5.68. The number of hydrogen-bond acceptors (Lipinski definition) is 4. The summed E-state index contributed by atoms with van der Waals surface area (Å²) < 4.78 is 18.1. The molecule has 3 N–H and O–H groups in total. The molecule has 6 heteroatoms. The molecule has 1 atom stereocenters. The van der Waals surface area contributed by atoms with Crippen molar-refractivity contribution in [3.63, 3.8) is 0 Å². The molecule has 0 saturated heterocycles. The van der Waals surface area contributed by atoms with Gasteiger partial charge < -0.3 is 20.3 Å². The fourth-order valence-electron chi connectivity index (χ4n) is 1.37. The van der Waals surface area contributed by atoms with Crippen LogP contribution >= 0.6 is 11.6 Å². The Morgan fingerprint density at radius 2 is 2.25 bits per heavy atom. The molecular formula is C10H13ClFNO3. The van der Waals surface area contributed by atoms with Gasteiger partial charge in [0.25, 0.3) is 0 Å². The van der Waals surface area contributed by atoms with Crippen LogP contribution in [-0.4, -0.2) is 30.9 Å². The highest BCUT2D eigenvalue weighted by molar-refractivity contribution is 6.31. The number of aliphatic hydroxyl groups excluding tert-OH is 1. The van der Waals surface area contributed by atoms with E-state index in [-0.39, 0.29) is 28.6 Å². The molecular weight excluding hydrogens is 237 g/mol. The van der Waals surface area contributed by atoms with Crippen LogP contribution in [0, 0.1) is 5.82 Å². The standard InChI is InChI=1S/C10H13ClFNO3/c1-13-4-6(14)8-9(11)5(12)3-7(16-2)10(8)15/h3,6,13-15H,4H2,1-2H3. The van der Waals surface area contributed by atoms with E-state index in [1.54, 1.807) is 7.05 Å². The second-order valence-electron chi connectivity index (χ2n) is 3.21. The summed E-state index contributed by atoms with van der Waals surface area (Å²) in [6.45, 7) is 0.139. The molecule has 1 aromatic carbocycles. The Hall–Kier alpha value is -1.04. The SMILES string of the molecule is CNCC(O)c1c(O)c(OC)cc(F)c1Cl. The topological polar surface area (TPSA) is 61.7 Å². The normalized spacial score (nSPS) is 12.6. The van der Waals surface area contributed by atoms with Gasteiger partial charge in [-0.05, 0) is 7.05 Å². The molecule has 0 aliphatic rings. The van der Waals surface area contributed by atoms with Gasteiger partial charge in [-0.25, -0.2) is 4.39 Å². The van der Waals surface area contributed by atoms with Gasteiger partial charge in [0.05, 0.1) is 18.2 Å². The lowest BCUT2D eigenvalue weighted by Gasteiger charge is -2.16. The predicted molar refractivity (Wildman–Crippen MR) is 58.5 cm³/mol. The number of likely N-dealkylation sites (N-methyl/N-ethyl adjacent to an activating group) is 1. The molecule has 16 heavy (non-hydrogen) atoms. The zero-order chi connectivity index (χ0) is 12.3. The molecule has 0 spiro atoms. The second-order valence-corrected chi connectivity index (χ2v) is 3.59. The molecule has 1 aromatic rings. The summed E-state index contributed by atoms with van der Waals surface area (Å²) in [6.07, 6.45) is -1.11. The van der Waals surface area contributed by atoms with Crippen LogP contribution in [0.25, 0.3) is 0 Å². The molecule has 90 valence electrons. The average Bonchev–Trinajstić information content (AvgIpc) is 2.24. The molecule has 0 heterocycles. The van der Waals surface area contributed by atoms with E-state index in [1.807, 2.05) is 0 Å². The Bertz CT molecular complexity index is 387. The van der Waals surface area contributed by atoms with E-state index in [0.29, 0.717) is 0 Å². The summed E-state index contributed by atoms with van der Waals surface area (Å²) in [5.74, 6) is -1.16. The van der Waals surface area contributed by atoms with Crippen molar-refractivity contribution < 1.29 is 19.3 Å². The van der Waals surface area contributed by atoms with E-state index in [2.05, 4.69) is 5.32 Å². The van der Waals surface area contributed by atoms with Gasteiger partial charge in [-0.15, -0.1) is 0 Å². The Balaban J connectivity index is 3.29. The molecule has 0 radical (unpaired) electrons. The molecule has 0 saturated carbocycles. The van der Waals surface area contributed by atoms with E-state index < -0.39 is 11.9 Å². The van der Waals surface area contributed by atoms with Crippen LogP contribution in [0.1, 0.15) is 11.7 Å². The number of aliphatic hydroxyl groups is 1. The van der Waals surface area contributed by atoms with Crippen LogP contribution in [0.4, 0.5) is 4.39 Å². The first-order valence-electron chi connectivity index (χ1n) is 4.60. The van der Waals surface area contributed by atoms with Crippen molar-refractivity contribution in [3.8, 4) is 11.5 Å². The number of phenols is 1. The maximum Gasteiger partial charge on any atom is 0.165 e. The summed E-state index contributed by atoms with van der Waals surface area (Å²) in [5.41, 5.74) is -0.0760. The van der Waals surface area contributed by atoms with Crippen LogP contribution < -0.4 is 10.1 Å². The van der Waals surface area contributed by atoms with Crippen molar-refractivity contribution in [1.82, 2.24) is 5.32 Å². The number of nitrogens with one attached hydrogen (secondary N) is 1. The van der Waals surface area contributed by atoms with Gasteiger partial charge in [0, 0.05) is 18.2 Å². The number of halogens is 2. The molecule has 4 nitrogen and oxygen atoms in total. The highest BCUT2D eigenvalue weighted by Gasteiger charge is 2.22. The van der Waals surface area contributed by atoms with Crippen molar-refractivity contribution in [3.05, 3.63) is 22.5 Å². The van der Waals surface area contributed by atoms with Gasteiger partial charge in [0.15, 0.2) is 11.5 Å². The fraction of sp³-hybridized carbons (Fsp3) is 0.400. The van der Waals surface area contributed by atoms with E-state index in [4.69, 9.17) is 16.3 Å². The van der Waals surface area contributed by atoms with E-state index >= 15 is 0 Å². The third-order valence-corrected chi connectivity index (χ3v) is 2.53. The number of hydrogen-bond donors (Lipinski definition) is 3. The third-order valence-electron chi connectivity index (χ3n) is 2.14. The fourth-order valence-corrected chi connectivity index (χ4v) is 1.64. The Labute approximate surface area is 97.6 Å². The zero-order valence-electron chi connectivity index (χ0n) is 8.92. The van der Waals surface area contributed by atoms with Gasteiger partial charge in [-0.1, -0.05) is 11.6 Å². The lowest BCUT2D eigenvalue weighted by molar-refractivity contribution is 0.172. The van der Waals surface area contributed by atoms with Crippen molar-refractivity contribution in [1.29, 1.82) is 0 Å². The first-order chi connectivity index (χ1) is 7.52. The minimum Gasteiger partial charge on any atom is -0.504 e. The van der Waals surface area contributed by atoms with Crippen LogP contribution in [0.15, 0.2) is 6.07 Å². The molecule has 0 aliphatic heterocycles. The smallest absolute Gasteiger partial charge is 0.165 e. The first kappa shape index (κ1) is 13.0. The van der Waals surface area contributed by atoms with E-state index in [1.165, 1.54) is 7.11 Å². The largest absolute Gasteiger partial charge is 0.504 e. The molecule has 1 rings (SSSR count). The highest BCUT2D eigenvalue weighted by atomic mass is 35.5. The van der Waals surface area contributed by atoms with Crippen LogP contribution in [0.2, 0.25) is 5.02 Å². The van der Waals surface area contributed by atoms with Crippen LogP contribution in [-0.2, 0) is 0 Å². The lowest BCUT2D eigenvalue weighted by atomic mass is 10.1. The van der Waals surface area contributed by atoms with Crippen molar-refractivity contribution in [2.75, 3.05) is 20.7 Å². The average molecular weight is 250 g/mol. The minimum absolute atomic E-state index is 0.0629. The van der Waals surface area contributed by atoms with Gasteiger partial charge >= 0.3 is 0 Å². The third kappa shape index (κ3) is 2.37. The summed E-state index contributed by atoms with van der Waals surface area (Å²) in [4.78, 5) is 0. The number of phenolic OH excluding ortho intramolecular Hbond substituents is 1. The van der Waals surface area contributed by atoms with Crippen molar-refractivity contribution >= 4 is 11.6 Å². The Morgan fingerprint density at radius 3 is 2.75 bits per heavy atom. The Morgan fingerprint density at radius 1 is 1.62 bits per heavy atom. The molecule has 0 amide bonds. The van der Waals surface area contributed by atoms with Gasteiger partial charge in [0.2, 0.25) is 0 Å². The number of ether oxygens (including phenoxy) is 1. The number of methoxy groups -OCH3 is 1. The van der Waals surface area contributed by atoms with Crippen LogP contribution in [0.5, 0.6) is 11.5 Å². The molecule has 0 fully saturated rings. The van der Waals surface area contributed by atoms with E-state index in [9.17, 15) is 14.6 Å². The summed E-state index contributed by atoms with van der Waals surface area (Å²) in [6, 6.07) is 0.966. The maximum atomic E-state index is 13.4. The lowest BCUT2D eigenvalue weighted by Crippen LogP contribution is -2.17. The number of aromatic hydroxyl groups is 1. The summed E-state index contributed by atoms with van der Waals surface area (Å²) in [7, 11) is 2.90.